The Hall–Kier alpha value is -4.46. The number of pyridine rings is 1. The lowest BCUT2D eigenvalue weighted by molar-refractivity contribution is 0.469. The van der Waals surface area contributed by atoms with E-state index in [1.54, 1.807) is 23.1 Å². The fourth-order valence-corrected chi connectivity index (χ4v) is 4.10. The summed E-state index contributed by atoms with van der Waals surface area (Å²) in [6.45, 7) is 0. The van der Waals surface area contributed by atoms with Gasteiger partial charge in [-0.1, -0.05) is 12.1 Å². The molecule has 0 aliphatic rings. The Labute approximate surface area is 181 Å². The molecule has 0 radical (unpaired) electrons. The molecule has 0 atom stereocenters. The maximum absolute atomic E-state index is 13.9. The first-order valence-corrected chi connectivity index (χ1v) is 10.0. The molecule has 2 aromatic carbocycles. The van der Waals surface area contributed by atoms with Gasteiger partial charge in [0.1, 0.15) is 17.3 Å². The Morgan fingerprint density at radius 2 is 1.88 bits per heavy atom. The summed E-state index contributed by atoms with van der Waals surface area (Å²) in [6, 6.07) is 13.8. The molecule has 0 saturated heterocycles. The van der Waals surface area contributed by atoms with Crippen molar-refractivity contribution < 1.29 is 9.50 Å². The van der Waals surface area contributed by atoms with Gasteiger partial charge in [0.2, 0.25) is 0 Å². The third-order valence-electron chi connectivity index (χ3n) is 5.56. The number of hydrogen-bond donors (Lipinski definition) is 3. The zero-order valence-electron chi connectivity index (χ0n) is 17.0. The first kappa shape index (κ1) is 18.3. The lowest BCUT2D eigenvalue weighted by atomic mass is 10.0. The maximum atomic E-state index is 13.9. The smallest absolute Gasteiger partial charge is 0.127 e. The average molecular weight is 424 g/mol. The van der Waals surface area contributed by atoms with Gasteiger partial charge in [-0.15, -0.1) is 0 Å². The van der Waals surface area contributed by atoms with Gasteiger partial charge >= 0.3 is 0 Å². The Kier molecular flexibility index (Phi) is 3.88. The Bertz CT molecular complexity index is 1610. The van der Waals surface area contributed by atoms with E-state index in [1.807, 2.05) is 43.6 Å². The predicted molar refractivity (Wildman–Crippen MR) is 120 cm³/mol. The van der Waals surface area contributed by atoms with Crippen LogP contribution in [0.5, 0.6) is 5.75 Å². The first-order valence-electron chi connectivity index (χ1n) is 10.0. The van der Waals surface area contributed by atoms with Gasteiger partial charge in [0.25, 0.3) is 0 Å². The summed E-state index contributed by atoms with van der Waals surface area (Å²) in [4.78, 5) is 7.93. The zero-order chi connectivity index (χ0) is 21.8. The van der Waals surface area contributed by atoms with Crippen LogP contribution in [0.3, 0.4) is 0 Å². The molecule has 4 heterocycles. The number of rotatable bonds is 3. The van der Waals surface area contributed by atoms with Gasteiger partial charge in [0.05, 0.1) is 29.3 Å². The van der Waals surface area contributed by atoms with Gasteiger partial charge in [-0.25, -0.2) is 4.39 Å². The van der Waals surface area contributed by atoms with Crippen LogP contribution in [0.2, 0.25) is 0 Å². The van der Waals surface area contributed by atoms with Crippen molar-refractivity contribution in [2.24, 2.45) is 7.05 Å². The number of fused-ring (bicyclic) bond motifs is 2. The quantitative estimate of drug-likeness (QED) is 0.372. The molecule has 8 heteroatoms. The van der Waals surface area contributed by atoms with Crippen LogP contribution in [0.25, 0.3) is 55.6 Å². The van der Waals surface area contributed by atoms with Crippen LogP contribution in [-0.4, -0.2) is 35.1 Å². The third-order valence-corrected chi connectivity index (χ3v) is 5.56. The molecule has 0 aliphatic carbocycles. The second-order valence-electron chi connectivity index (χ2n) is 7.74. The van der Waals surface area contributed by atoms with Gasteiger partial charge in [-0.3, -0.25) is 14.8 Å². The highest BCUT2D eigenvalue weighted by molar-refractivity contribution is 6.01. The minimum absolute atomic E-state index is 0.110. The number of aromatic hydroxyl groups is 1. The SMILES string of the molecule is Cn1cc(-c2cc3c(-c4cc5c(-c6cc(O)cc(F)c6)cccc5[nH]4)n[nH]c3cn2)cn1. The Balaban J connectivity index is 1.51. The molecule has 0 unspecified atom stereocenters. The van der Waals surface area contributed by atoms with E-state index in [1.165, 1.54) is 6.07 Å². The molecule has 156 valence electrons. The fraction of sp³-hybridized carbons (Fsp3) is 0.0417. The number of benzene rings is 2. The van der Waals surface area contributed by atoms with Crippen molar-refractivity contribution in [3.63, 3.8) is 0 Å². The highest BCUT2D eigenvalue weighted by Gasteiger charge is 2.15. The number of halogens is 1. The van der Waals surface area contributed by atoms with Crippen LogP contribution in [0.1, 0.15) is 0 Å². The van der Waals surface area contributed by atoms with Crippen LogP contribution in [0, 0.1) is 5.82 Å². The molecule has 3 N–H and O–H groups in total. The molecule has 0 bridgehead atoms. The normalized spacial score (nSPS) is 11.6. The van der Waals surface area contributed by atoms with Crippen LogP contribution in [0.4, 0.5) is 4.39 Å². The predicted octanol–water partition coefficient (Wildman–Crippen LogP) is 5.02. The zero-order valence-corrected chi connectivity index (χ0v) is 17.0. The van der Waals surface area contributed by atoms with E-state index in [9.17, 15) is 9.50 Å². The number of nitrogens with one attached hydrogen (secondary N) is 2. The molecular weight excluding hydrogens is 407 g/mol. The van der Waals surface area contributed by atoms with E-state index >= 15 is 0 Å². The van der Waals surface area contributed by atoms with Gasteiger partial charge in [-0.05, 0) is 41.5 Å². The molecule has 7 nitrogen and oxygen atoms in total. The van der Waals surface area contributed by atoms with Crippen molar-refractivity contribution in [1.82, 2.24) is 29.9 Å². The lowest BCUT2D eigenvalue weighted by Crippen LogP contribution is -1.85. The van der Waals surface area contributed by atoms with Gasteiger partial charge in [0, 0.05) is 41.2 Å². The van der Waals surface area contributed by atoms with Crippen molar-refractivity contribution in [2.45, 2.75) is 0 Å². The number of phenolic OH excluding ortho intramolecular Hbond substituents is 1. The fourth-order valence-electron chi connectivity index (χ4n) is 4.10. The molecule has 6 rings (SSSR count). The maximum Gasteiger partial charge on any atom is 0.127 e. The van der Waals surface area contributed by atoms with Crippen LogP contribution in [0.15, 0.2) is 67.1 Å². The second kappa shape index (κ2) is 6.78. The average Bonchev–Trinajstić information content (AvgIpc) is 3.49. The van der Waals surface area contributed by atoms with Crippen molar-refractivity contribution in [1.29, 1.82) is 0 Å². The second-order valence-corrected chi connectivity index (χ2v) is 7.74. The minimum atomic E-state index is -0.485. The molecule has 6 aromatic rings. The molecule has 0 saturated carbocycles. The summed E-state index contributed by atoms with van der Waals surface area (Å²) in [6.07, 6.45) is 5.45. The number of aromatic amines is 2. The van der Waals surface area contributed by atoms with Crippen molar-refractivity contribution >= 4 is 21.8 Å². The minimum Gasteiger partial charge on any atom is -0.508 e. The van der Waals surface area contributed by atoms with E-state index in [4.69, 9.17) is 0 Å². The van der Waals surface area contributed by atoms with Gasteiger partial charge in [0.15, 0.2) is 0 Å². The number of phenols is 1. The topological polar surface area (TPSA) is 95.4 Å². The highest BCUT2D eigenvalue weighted by Crippen LogP contribution is 2.35. The molecular formula is C24H17FN6O. The Morgan fingerprint density at radius 1 is 0.969 bits per heavy atom. The number of aryl methyl sites for hydroxylation is 1. The number of hydrogen-bond acceptors (Lipinski definition) is 4. The monoisotopic (exact) mass is 424 g/mol. The van der Waals surface area contributed by atoms with Crippen molar-refractivity contribution in [3.05, 3.63) is 72.9 Å². The van der Waals surface area contributed by atoms with Crippen LogP contribution >= 0.6 is 0 Å². The van der Waals surface area contributed by atoms with Crippen molar-refractivity contribution in [3.8, 4) is 39.5 Å². The first-order chi connectivity index (χ1) is 15.5. The summed E-state index contributed by atoms with van der Waals surface area (Å²) in [5, 5.41) is 23.5. The number of aromatic nitrogens is 6. The number of nitrogens with zero attached hydrogens (tertiary/aromatic N) is 4. The molecule has 0 aliphatic heterocycles. The van der Waals surface area contributed by atoms with Crippen LogP contribution < -0.4 is 0 Å². The van der Waals surface area contributed by atoms with Crippen LogP contribution in [-0.2, 0) is 7.05 Å². The van der Waals surface area contributed by atoms with Crippen molar-refractivity contribution in [2.75, 3.05) is 0 Å². The van der Waals surface area contributed by atoms with E-state index in [0.717, 1.165) is 56.1 Å². The van der Waals surface area contributed by atoms with E-state index < -0.39 is 5.82 Å². The summed E-state index contributed by atoms with van der Waals surface area (Å²) in [7, 11) is 1.87. The molecule has 0 spiro atoms. The van der Waals surface area contributed by atoms with E-state index in [0.29, 0.717) is 5.56 Å². The standard InChI is InChI=1S/C24H17FN6O/c1-31-12-14(10-27-31)21-9-19-23(11-26-21)29-30-24(19)22-8-18-17(3-2-4-20(18)28-22)13-5-15(25)7-16(32)6-13/h2-12,28,32H,1H3,(H,29,30). The molecule has 4 aromatic heterocycles. The summed E-state index contributed by atoms with van der Waals surface area (Å²) in [5.41, 5.74) is 6.44. The molecule has 0 amide bonds. The molecule has 0 fully saturated rings. The summed E-state index contributed by atoms with van der Waals surface area (Å²) in [5.74, 6) is -0.594. The Morgan fingerprint density at radius 3 is 2.69 bits per heavy atom. The van der Waals surface area contributed by atoms with Gasteiger partial charge in [-0.2, -0.15) is 10.2 Å². The van der Waals surface area contributed by atoms with E-state index in [2.05, 4.69) is 25.3 Å². The highest BCUT2D eigenvalue weighted by atomic mass is 19.1. The largest absolute Gasteiger partial charge is 0.508 e. The summed E-state index contributed by atoms with van der Waals surface area (Å²) < 4.78 is 15.6. The molecule has 32 heavy (non-hydrogen) atoms. The third kappa shape index (κ3) is 2.92. The van der Waals surface area contributed by atoms with E-state index in [-0.39, 0.29) is 5.75 Å². The van der Waals surface area contributed by atoms with Gasteiger partial charge < -0.3 is 10.1 Å². The number of H-pyrrole nitrogens is 2. The summed E-state index contributed by atoms with van der Waals surface area (Å²) >= 11 is 0. The lowest BCUT2D eigenvalue weighted by Gasteiger charge is -2.05.